The SMILES string of the molecule is CC(C)(C)OC(=O)NCCCNc1nc(Cl)ncc1C1CC1. The molecular formula is C15H23ClN4O2. The Morgan fingerprint density at radius 2 is 2.14 bits per heavy atom. The van der Waals surface area contributed by atoms with E-state index in [4.69, 9.17) is 16.3 Å². The molecule has 0 atom stereocenters. The zero-order valence-corrected chi connectivity index (χ0v) is 14.0. The third-order valence-corrected chi connectivity index (χ3v) is 3.30. The van der Waals surface area contributed by atoms with Crippen LogP contribution in [0.3, 0.4) is 0 Å². The van der Waals surface area contributed by atoms with Crippen molar-refractivity contribution in [1.82, 2.24) is 15.3 Å². The molecule has 2 N–H and O–H groups in total. The molecule has 1 aliphatic rings. The molecule has 1 heterocycles. The lowest BCUT2D eigenvalue weighted by molar-refractivity contribution is 0.0528. The molecule has 6 nitrogen and oxygen atoms in total. The fourth-order valence-electron chi connectivity index (χ4n) is 2.00. The van der Waals surface area contributed by atoms with Crippen molar-refractivity contribution in [3.05, 3.63) is 17.0 Å². The van der Waals surface area contributed by atoms with Crippen molar-refractivity contribution in [2.75, 3.05) is 18.4 Å². The van der Waals surface area contributed by atoms with Crippen molar-refractivity contribution in [1.29, 1.82) is 0 Å². The smallest absolute Gasteiger partial charge is 0.407 e. The molecule has 1 amide bonds. The van der Waals surface area contributed by atoms with E-state index in [1.807, 2.05) is 20.8 Å². The minimum Gasteiger partial charge on any atom is -0.444 e. The van der Waals surface area contributed by atoms with E-state index < -0.39 is 11.7 Å². The number of hydrogen-bond acceptors (Lipinski definition) is 5. The molecule has 2 rings (SSSR count). The van der Waals surface area contributed by atoms with Crippen LogP contribution in [0.15, 0.2) is 6.20 Å². The van der Waals surface area contributed by atoms with Crippen molar-refractivity contribution >= 4 is 23.5 Å². The molecule has 22 heavy (non-hydrogen) atoms. The number of amides is 1. The second-order valence-corrected chi connectivity index (χ2v) is 6.76. The van der Waals surface area contributed by atoms with Gasteiger partial charge >= 0.3 is 6.09 Å². The van der Waals surface area contributed by atoms with Crippen LogP contribution in [0.5, 0.6) is 0 Å². The van der Waals surface area contributed by atoms with Gasteiger partial charge in [-0.1, -0.05) is 0 Å². The average molecular weight is 327 g/mol. The number of nitrogens with one attached hydrogen (secondary N) is 2. The minimum atomic E-state index is -0.473. The predicted molar refractivity (Wildman–Crippen MR) is 86.4 cm³/mol. The highest BCUT2D eigenvalue weighted by Gasteiger charge is 2.27. The zero-order chi connectivity index (χ0) is 16.2. The number of alkyl carbamates (subject to hydrolysis) is 1. The van der Waals surface area contributed by atoms with E-state index >= 15 is 0 Å². The molecule has 0 unspecified atom stereocenters. The molecule has 0 radical (unpaired) electrons. The first kappa shape index (κ1) is 16.8. The first-order chi connectivity index (χ1) is 10.3. The number of nitrogens with zero attached hydrogens (tertiary/aromatic N) is 2. The number of anilines is 1. The lowest BCUT2D eigenvalue weighted by atomic mass is 10.2. The van der Waals surface area contributed by atoms with E-state index in [1.165, 1.54) is 12.8 Å². The minimum absolute atomic E-state index is 0.249. The van der Waals surface area contributed by atoms with Crippen molar-refractivity contribution in [3.63, 3.8) is 0 Å². The summed E-state index contributed by atoms with van der Waals surface area (Å²) in [6.07, 6.45) is 4.54. The molecule has 122 valence electrons. The fourth-order valence-corrected chi connectivity index (χ4v) is 2.14. The maximum absolute atomic E-state index is 11.5. The van der Waals surface area contributed by atoms with Gasteiger partial charge < -0.3 is 15.4 Å². The van der Waals surface area contributed by atoms with Crippen LogP contribution in [-0.2, 0) is 4.74 Å². The average Bonchev–Trinajstić information content (AvgIpc) is 3.20. The summed E-state index contributed by atoms with van der Waals surface area (Å²) in [7, 11) is 0. The summed E-state index contributed by atoms with van der Waals surface area (Å²) in [5.74, 6) is 1.36. The Morgan fingerprint density at radius 1 is 1.41 bits per heavy atom. The standard InChI is InChI=1S/C15H23ClN4O2/c1-15(2,3)22-14(21)18-8-4-7-17-12-11(10-5-6-10)9-19-13(16)20-12/h9-10H,4-8H2,1-3H3,(H,18,21)(H,17,19,20). The van der Waals surface area contributed by atoms with Crippen LogP contribution in [0.4, 0.5) is 10.6 Å². The Labute approximate surface area is 136 Å². The Hall–Kier alpha value is -1.56. The van der Waals surface area contributed by atoms with E-state index in [0.29, 0.717) is 19.0 Å². The maximum Gasteiger partial charge on any atom is 0.407 e. The molecule has 1 fully saturated rings. The summed E-state index contributed by atoms with van der Waals surface area (Å²) in [4.78, 5) is 19.8. The normalized spacial score (nSPS) is 14.5. The van der Waals surface area contributed by atoms with Crippen LogP contribution in [0, 0.1) is 0 Å². The number of halogens is 1. The number of rotatable bonds is 6. The second-order valence-electron chi connectivity index (χ2n) is 6.43. The van der Waals surface area contributed by atoms with E-state index in [-0.39, 0.29) is 5.28 Å². The van der Waals surface area contributed by atoms with Gasteiger partial charge in [-0.25, -0.2) is 14.8 Å². The molecular weight excluding hydrogens is 304 g/mol. The van der Waals surface area contributed by atoms with Crippen molar-refractivity contribution in [3.8, 4) is 0 Å². The maximum atomic E-state index is 11.5. The monoisotopic (exact) mass is 326 g/mol. The number of ether oxygens (including phenoxy) is 1. The van der Waals surface area contributed by atoms with Crippen molar-refractivity contribution in [2.45, 2.75) is 51.6 Å². The number of carbonyl (C=O) groups excluding carboxylic acids is 1. The Morgan fingerprint density at radius 3 is 2.77 bits per heavy atom. The van der Waals surface area contributed by atoms with Crippen LogP contribution in [0.2, 0.25) is 5.28 Å². The molecule has 7 heteroatoms. The summed E-state index contributed by atoms with van der Waals surface area (Å²) in [6.45, 7) is 6.76. The third kappa shape index (κ3) is 5.67. The number of hydrogen-bond donors (Lipinski definition) is 2. The summed E-state index contributed by atoms with van der Waals surface area (Å²) in [5, 5.41) is 6.25. The van der Waals surface area contributed by atoms with Gasteiger partial charge in [0.2, 0.25) is 5.28 Å². The highest BCUT2D eigenvalue weighted by molar-refractivity contribution is 6.28. The molecule has 0 saturated heterocycles. The Balaban J connectivity index is 1.71. The van der Waals surface area contributed by atoms with Crippen LogP contribution in [0.1, 0.15) is 51.5 Å². The molecule has 0 aliphatic heterocycles. The molecule has 1 aliphatic carbocycles. The summed E-state index contributed by atoms with van der Waals surface area (Å²) in [5.41, 5.74) is 0.656. The molecule has 0 bridgehead atoms. The van der Waals surface area contributed by atoms with Gasteiger partial charge in [0.05, 0.1) is 0 Å². The van der Waals surface area contributed by atoms with E-state index in [2.05, 4.69) is 20.6 Å². The Bertz CT molecular complexity index is 527. The fraction of sp³-hybridized carbons (Fsp3) is 0.667. The zero-order valence-electron chi connectivity index (χ0n) is 13.3. The highest BCUT2D eigenvalue weighted by atomic mass is 35.5. The Kier molecular flexibility index (Phi) is 5.45. The van der Waals surface area contributed by atoms with Gasteiger partial charge in [0.1, 0.15) is 11.4 Å². The van der Waals surface area contributed by atoms with Gasteiger partial charge in [-0.15, -0.1) is 0 Å². The quantitative estimate of drug-likeness (QED) is 0.619. The predicted octanol–water partition coefficient (Wildman–Crippen LogP) is 3.33. The molecule has 1 aromatic heterocycles. The summed E-state index contributed by atoms with van der Waals surface area (Å²) < 4.78 is 5.17. The van der Waals surface area contributed by atoms with Crippen LogP contribution in [0.25, 0.3) is 0 Å². The molecule has 1 aromatic rings. The van der Waals surface area contributed by atoms with Gasteiger partial charge in [0, 0.05) is 24.8 Å². The van der Waals surface area contributed by atoms with E-state index in [9.17, 15) is 4.79 Å². The van der Waals surface area contributed by atoms with E-state index in [0.717, 1.165) is 17.8 Å². The first-order valence-corrected chi connectivity index (χ1v) is 7.96. The summed E-state index contributed by atoms with van der Waals surface area (Å²) in [6, 6.07) is 0. The molecule has 1 saturated carbocycles. The lowest BCUT2D eigenvalue weighted by Gasteiger charge is -2.19. The highest BCUT2D eigenvalue weighted by Crippen LogP contribution is 2.42. The van der Waals surface area contributed by atoms with Gasteiger partial charge in [-0.2, -0.15) is 0 Å². The van der Waals surface area contributed by atoms with Gasteiger partial charge in [-0.05, 0) is 57.6 Å². The lowest BCUT2D eigenvalue weighted by Crippen LogP contribution is -2.33. The van der Waals surface area contributed by atoms with Crippen LogP contribution >= 0.6 is 11.6 Å². The summed E-state index contributed by atoms with van der Waals surface area (Å²) >= 11 is 5.85. The van der Waals surface area contributed by atoms with Gasteiger partial charge in [0.15, 0.2) is 0 Å². The molecule has 0 spiro atoms. The number of carbonyl (C=O) groups is 1. The van der Waals surface area contributed by atoms with Crippen molar-refractivity contribution < 1.29 is 9.53 Å². The first-order valence-electron chi connectivity index (χ1n) is 7.58. The topological polar surface area (TPSA) is 76.1 Å². The van der Waals surface area contributed by atoms with Crippen molar-refractivity contribution in [2.24, 2.45) is 0 Å². The number of aromatic nitrogens is 2. The second kappa shape index (κ2) is 7.13. The van der Waals surface area contributed by atoms with Crippen LogP contribution in [-0.4, -0.2) is 34.8 Å². The molecule has 0 aromatic carbocycles. The third-order valence-electron chi connectivity index (χ3n) is 3.12. The van der Waals surface area contributed by atoms with E-state index in [1.54, 1.807) is 6.20 Å². The van der Waals surface area contributed by atoms with Crippen LogP contribution < -0.4 is 10.6 Å². The van der Waals surface area contributed by atoms with Gasteiger partial charge in [0.25, 0.3) is 0 Å². The largest absolute Gasteiger partial charge is 0.444 e. The van der Waals surface area contributed by atoms with Gasteiger partial charge in [-0.3, -0.25) is 0 Å².